The van der Waals surface area contributed by atoms with E-state index in [0.717, 1.165) is 17.9 Å². The van der Waals surface area contributed by atoms with E-state index in [-0.39, 0.29) is 5.91 Å². The van der Waals surface area contributed by atoms with E-state index in [4.69, 9.17) is 14.2 Å². The Kier molecular flexibility index (Phi) is 8.33. The van der Waals surface area contributed by atoms with Crippen LogP contribution in [0.5, 0.6) is 17.2 Å². The van der Waals surface area contributed by atoms with Crippen LogP contribution in [0.15, 0.2) is 48.5 Å². The van der Waals surface area contributed by atoms with Crippen molar-refractivity contribution in [1.29, 1.82) is 0 Å². The number of carbonyl (C=O) groups is 1. The Morgan fingerprint density at radius 2 is 1.69 bits per heavy atom. The number of hydrogen-bond acceptors (Lipinski definition) is 4. The van der Waals surface area contributed by atoms with Crippen molar-refractivity contribution < 1.29 is 19.0 Å². The Morgan fingerprint density at radius 1 is 1.00 bits per heavy atom. The monoisotopic (exact) mass is 357 g/mol. The molecule has 2 rings (SSSR count). The smallest absolute Gasteiger partial charge is 0.220 e. The molecule has 0 spiro atoms. The topological polar surface area (TPSA) is 56.8 Å². The molecule has 0 radical (unpaired) electrons. The standard InChI is InChI=1S/C21H27NO4/c1-3-25-19-7-4-5-8-20(19)26-16-6-9-21(23)22-15-14-17-10-12-18(24-2)13-11-17/h4-5,7-8,10-13H,3,6,9,14-16H2,1-2H3,(H,22,23). The zero-order valence-electron chi connectivity index (χ0n) is 15.5. The number of methoxy groups -OCH3 is 1. The lowest BCUT2D eigenvalue weighted by molar-refractivity contribution is -0.121. The molecule has 26 heavy (non-hydrogen) atoms. The Hall–Kier alpha value is -2.69. The first kappa shape index (κ1) is 19.6. The quantitative estimate of drug-likeness (QED) is 0.624. The van der Waals surface area contributed by atoms with Crippen LogP contribution >= 0.6 is 0 Å². The fourth-order valence-electron chi connectivity index (χ4n) is 2.49. The molecule has 0 unspecified atom stereocenters. The molecule has 0 saturated carbocycles. The Labute approximate surface area is 155 Å². The van der Waals surface area contributed by atoms with Gasteiger partial charge in [0, 0.05) is 13.0 Å². The van der Waals surface area contributed by atoms with Crippen molar-refractivity contribution in [2.45, 2.75) is 26.2 Å². The van der Waals surface area contributed by atoms with Gasteiger partial charge < -0.3 is 19.5 Å². The van der Waals surface area contributed by atoms with Gasteiger partial charge in [0.2, 0.25) is 5.91 Å². The lowest BCUT2D eigenvalue weighted by Gasteiger charge is -2.11. The van der Waals surface area contributed by atoms with E-state index < -0.39 is 0 Å². The highest BCUT2D eigenvalue weighted by Crippen LogP contribution is 2.26. The summed E-state index contributed by atoms with van der Waals surface area (Å²) in [6.07, 6.45) is 1.90. The fourth-order valence-corrected chi connectivity index (χ4v) is 2.49. The molecule has 2 aromatic carbocycles. The maximum absolute atomic E-state index is 11.9. The van der Waals surface area contributed by atoms with E-state index in [9.17, 15) is 4.79 Å². The van der Waals surface area contributed by atoms with E-state index in [1.54, 1.807) is 7.11 Å². The lowest BCUT2D eigenvalue weighted by atomic mass is 10.1. The number of nitrogens with one attached hydrogen (secondary N) is 1. The zero-order chi connectivity index (χ0) is 18.6. The van der Waals surface area contributed by atoms with Crippen molar-refractivity contribution in [2.24, 2.45) is 0 Å². The van der Waals surface area contributed by atoms with Gasteiger partial charge >= 0.3 is 0 Å². The number of rotatable bonds is 11. The highest BCUT2D eigenvalue weighted by atomic mass is 16.5. The van der Waals surface area contributed by atoms with Crippen LogP contribution in [-0.2, 0) is 11.2 Å². The van der Waals surface area contributed by atoms with Crippen LogP contribution in [0.2, 0.25) is 0 Å². The molecule has 5 nitrogen and oxygen atoms in total. The number of ether oxygens (including phenoxy) is 3. The van der Waals surface area contributed by atoms with Crippen molar-refractivity contribution in [3.63, 3.8) is 0 Å². The Morgan fingerprint density at radius 3 is 2.35 bits per heavy atom. The van der Waals surface area contributed by atoms with Crippen LogP contribution in [-0.4, -0.2) is 32.8 Å². The largest absolute Gasteiger partial charge is 0.497 e. The number of para-hydroxylation sites is 2. The fraction of sp³-hybridized carbons (Fsp3) is 0.381. The Bertz CT molecular complexity index is 670. The minimum absolute atomic E-state index is 0.0419. The maximum atomic E-state index is 11.9. The van der Waals surface area contributed by atoms with Crippen LogP contribution in [0.4, 0.5) is 0 Å². The van der Waals surface area contributed by atoms with Crippen LogP contribution in [0.3, 0.4) is 0 Å². The highest BCUT2D eigenvalue weighted by Gasteiger charge is 2.05. The molecule has 0 aromatic heterocycles. The van der Waals surface area contributed by atoms with Crippen LogP contribution < -0.4 is 19.5 Å². The summed E-state index contributed by atoms with van der Waals surface area (Å²) in [6.45, 7) is 3.64. The second kappa shape index (κ2) is 11.0. The normalized spacial score (nSPS) is 10.2. The van der Waals surface area contributed by atoms with E-state index in [2.05, 4.69) is 5.32 Å². The van der Waals surface area contributed by atoms with Crippen molar-refractivity contribution in [2.75, 3.05) is 26.9 Å². The maximum Gasteiger partial charge on any atom is 0.220 e. The van der Waals surface area contributed by atoms with Gasteiger partial charge in [-0.05, 0) is 49.6 Å². The molecule has 5 heteroatoms. The van der Waals surface area contributed by atoms with Crippen LogP contribution in [0, 0.1) is 0 Å². The van der Waals surface area contributed by atoms with Crippen molar-refractivity contribution >= 4 is 5.91 Å². The first-order valence-electron chi connectivity index (χ1n) is 8.97. The van der Waals surface area contributed by atoms with Crippen molar-refractivity contribution in [1.82, 2.24) is 5.32 Å². The molecular formula is C21H27NO4. The number of hydrogen-bond donors (Lipinski definition) is 1. The molecule has 1 amide bonds. The third kappa shape index (κ3) is 6.67. The zero-order valence-corrected chi connectivity index (χ0v) is 15.5. The van der Waals surface area contributed by atoms with Gasteiger partial charge in [0.1, 0.15) is 5.75 Å². The highest BCUT2D eigenvalue weighted by molar-refractivity contribution is 5.75. The molecule has 0 fully saturated rings. The number of benzene rings is 2. The van der Waals surface area contributed by atoms with Gasteiger partial charge in [-0.2, -0.15) is 0 Å². The van der Waals surface area contributed by atoms with Crippen molar-refractivity contribution in [3.8, 4) is 17.2 Å². The van der Waals surface area contributed by atoms with Crippen LogP contribution in [0.1, 0.15) is 25.3 Å². The summed E-state index contributed by atoms with van der Waals surface area (Å²) >= 11 is 0. The predicted octanol–water partition coefficient (Wildman–Crippen LogP) is 3.61. The van der Waals surface area contributed by atoms with Crippen molar-refractivity contribution in [3.05, 3.63) is 54.1 Å². The molecule has 0 bridgehead atoms. The van der Waals surface area contributed by atoms with Gasteiger partial charge in [0.05, 0.1) is 20.3 Å². The minimum Gasteiger partial charge on any atom is -0.497 e. The summed E-state index contributed by atoms with van der Waals surface area (Å²) in [7, 11) is 1.65. The summed E-state index contributed by atoms with van der Waals surface area (Å²) in [5, 5.41) is 2.94. The summed E-state index contributed by atoms with van der Waals surface area (Å²) < 4.78 is 16.4. The lowest BCUT2D eigenvalue weighted by Crippen LogP contribution is -2.25. The molecule has 0 aliphatic rings. The minimum atomic E-state index is 0.0419. The van der Waals surface area contributed by atoms with E-state index >= 15 is 0 Å². The van der Waals surface area contributed by atoms with Gasteiger partial charge in [0.25, 0.3) is 0 Å². The van der Waals surface area contributed by atoms with Gasteiger partial charge in [-0.25, -0.2) is 0 Å². The number of carbonyl (C=O) groups excluding carboxylic acids is 1. The summed E-state index contributed by atoms with van der Waals surface area (Å²) in [5.74, 6) is 2.33. The van der Waals surface area contributed by atoms with E-state index in [0.29, 0.717) is 38.3 Å². The molecule has 0 aliphatic carbocycles. The van der Waals surface area contributed by atoms with Gasteiger partial charge in [-0.15, -0.1) is 0 Å². The molecular weight excluding hydrogens is 330 g/mol. The number of amides is 1. The molecule has 0 atom stereocenters. The second-order valence-electron chi connectivity index (χ2n) is 5.78. The Balaban J connectivity index is 1.61. The summed E-state index contributed by atoms with van der Waals surface area (Å²) in [5.41, 5.74) is 1.17. The molecule has 0 saturated heterocycles. The third-order valence-electron chi connectivity index (χ3n) is 3.85. The first-order chi connectivity index (χ1) is 12.7. The van der Waals surface area contributed by atoms with Crippen LogP contribution in [0.25, 0.3) is 0 Å². The molecule has 2 aromatic rings. The third-order valence-corrected chi connectivity index (χ3v) is 3.85. The van der Waals surface area contributed by atoms with E-state index in [1.165, 1.54) is 5.56 Å². The molecule has 0 heterocycles. The second-order valence-corrected chi connectivity index (χ2v) is 5.78. The molecule has 0 aliphatic heterocycles. The summed E-state index contributed by atoms with van der Waals surface area (Å²) in [4.78, 5) is 11.9. The summed E-state index contributed by atoms with van der Waals surface area (Å²) in [6, 6.07) is 15.4. The average molecular weight is 357 g/mol. The van der Waals surface area contributed by atoms with Gasteiger partial charge in [0.15, 0.2) is 11.5 Å². The first-order valence-corrected chi connectivity index (χ1v) is 8.97. The van der Waals surface area contributed by atoms with Gasteiger partial charge in [-0.1, -0.05) is 24.3 Å². The van der Waals surface area contributed by atoms with Gasteiger partial charge in [-0.3, -0.25) is 4.79 Å². The molecule has 1 N–H and O–H groups in total. The van der Waals surface area contributed by atoms with E-state index in [1.807, 2.05) is 55.5 Å². The SMILES string of the molecule is CCOc1ccccc1OCCCC(=O)NCCc1ccc(OC)cc1. The average Bonchev–Trinajstić information content (AvgIpc) is 2.67. The molecule has 140 valence electrons. The predicted molar refractivity (Wildman–Crippen MR) is 102 cm³/mol.